The van der Waals surface area contributed by atoms with Crippen molar-refractivity contribution >= 4 is 44.6 Å². The van der Waals surface area contributed by atoms with Crippen LogP contribution in [0.5, 0.6) is 11.5 Å². The van der Waals surface area contributed by atoms with E-state index >= 15 is 0 Å². The van der Waals surface area contributed by atoms with Gasteiger partial charge in [0, 0.05) is 11.8 Å². The number of ether oxygens (including phenoxy) is 2. The van der Waals surface area contributed by atoms with Crippen LogP contribution in [0.25, 0.3) is 0 Å². The van der Waals surface area contributed by atoms with Gasteiger partial charge in [-0.05, 0) is 55.3 Å². The molecule has 0 aliphatic carbocycles. The molecule has 0 fully saturated rings. The third kappa shape index (κ3) is 6.20. The molecular weight excluding hydrogens is 520 g/mol. The molecule has 0 bridgehead atoms. The average Bonchev–Trinajstić information content (AvgIpc) is 3.21. The Kier molecular flexibility index (Phi) is 8.20. The minimum atomic E-state index is -3.74. The minimum absolute atomic E-state index is 0.245. The lowest BCUT2D eigenvalue weighted by Crippen LogP contribution is -2.37. The van der Waals surface area contributed by atoms with Crippen LogP contribution in [0.4, 0.5) is 17.1 Å². The molecule has 0 spiro atoms. The van der Waals surface area contributed by atoms with E-state index in [2.05, 4.69) is 5.32 Å². The van der Waals surface area contributed by atoms with E-state index in [1.54, 1.807) is 18.2 Å². The van der Waals surface area contributed by atoms with Crippen molar-refractivity contribution in [1.29, 1.82) is 0 Å². The second-order valence-corrected chi connectivity index (χ2v) is 10.7. The van der Waals surface area contributed by atoms with Gasteiger partial charge in [0.15, 0.2) is 11.5 Å². The van der Waals surface area contributed by atoms with E-state index in [4.69, 9.17) is 20.2 Å². The highest BCUT2D eigenvalue weighted by atomic mass is 32.2. The van der Waals surface area contributed by atoms with Gasteiger partial charge in [-0.15, -0.1) is 0 Å². The average molecular weight is 551 g/mol. The number of nitrogens with two attached hydrogens (primary N) is 1. The summed E-state index contributed by atoms with van der Waals surface area (Å²) in [6.07, 6.45) is 0.999. The molecule has 1 aliphatic heterocycles. The Morgan fingerprint density at radius 3 is 2.18 bits per heavy atom. The van der Waals surface area contributed by atoms with Crippen molar-refractivity contribution in [1.82, 2.24) is 0 Å². The number of amides is 2. The first-order valence-corrected chi connectivity index (χ1v) is 14.2. The Morgan fingerprint density at radius 2 is 1.62 bits per heavy atom. The van der Waals surface area contributed by atoms with Crippen LogP contribution in [0.1, 0.15) is 30.9 Å². The fourth-order valence-electron chi connectivity index (χ4n) is 4.36. The third-order valence-corrected chi connectivity index (χ3v) is 7.12. The van der Waals surface area contributed by atoms with E-state index in [9.17, 15) is 18.0 Å². The van der Waals surface area contributed by atoms with E-state index in [-0.39, 0.29) is 11.6 Å². The van der Waals surface area contributed by atoms with E-state index in [0.29, 0.717) is 47.4 Å². The van der Waals surface area contributed by atoms with Crippen LogP contribution >= 0.6 is 0 Å². The first-order valence-electron chi connectivity index (χ1n) is 12.4. The van der Waals surface area contributed by atoms with Gasteiger partial charge in [0.1, 0.15) is 12.5 Å². The van der Waals surface area contributed by atoms with E-state index in [1.807, 2.05) is 50.2 Å². The standard InChI is InChI=1S/C28H30N4O6S/c1-4-37-23-15-21-22(16-24(23)38-5-2)31-28(34)26(21)27(18-9-7-6-8-10-18)30-19-11-13-20(14-12-19)32(17-25(29)33)39(3,35)36/h6-16,26H,4-5,17H2,1-3H3,(H2,29,33)(H,31,34). The monoisotopic (exact) mass is 550 g/mol. The number of hydrogen-bond donors (Lipinski definition) is 2. The van der Waals surface area contributed by atoms with Gasteiger partial charge in [-0.2, -0.15) is 0 Å². The molecule has 1 heterocycles. The smallest absolute Gasteiger partial charge is 0.238 e. The molecule has 1 atom stereocenters. The lowest BCUT2D eigenvalue weighted by atomic mass is 9.90. The molecular formula is C28H30N4O6S. The molecule has 1 unspecified atom stereocenters. The summed E-state index contributed by atoms with van der Waals surface area (Å²) in [5.41, 5.74) is 8.57. The molecule has 0 radical (unpaired) electrons. The number of carbonyl (C=O) groups is 2. The van der Waals surface area contributed by atoms with Gasteiger partial charge >= 0.3 is 0 Å². The number of nitrogens with zero attached hydrogens (tertiary/aromatic N) is 2. The number of nitrogens with one attached hydrogen (secondary N) is 1. The highest BCUT2D eigenvalue weighted by Crippen LogP contribution is 2.43. The molecule has 4 rings (SSSR count). The van der Waals surface area contributed by atoms with Gasteiger partial charge < -0.3 is 20.5 Å². The normalized spacial score (nSPS) is 14.9. The van der Waals surface area contributed by atoms with Crippen LogP contribution < -0.4 is 24.8 Å². The number of fused-ring (bicyclic) bond motifs is 1. The SMILES string of the molecule is CCOc1cc2c(cc1OCC)C(C(=Nc1ccc(N(CC(N)=O)S(C)(=O)=O)cc1)c1ccccc1)C(=O)N2. The number of rotatable bonds is 11. The van der Waals surface area contributed by atoms with Crippen molar-refractivity contribution < 1.29 is 27.5 Å². The van der Waals surface area contributed by atoms with Crippen LogP contribution in [-0.2, 0) is 19.6 Å². The minimum Gasteiger partial charge on any atom is -0.490 e. The summed E-state index contributed by atoms with van der Waals surface area (Å²) in [5, 5.41) is 2.94. The van der Waals surface area contributed by atoms with Crippen LogP contribution in [0.15, 0.2) is 71.7 Å². The zero-order valence-corrected chi connectivity index (χ0v) is 22.7. The largest absolute Gasteiger partial charge is 0.490 e. The molecule has 10 nitrogen and oxygen atoms in total. The number of carbonyl (C=O) groups excluding carboxylic acids is 2. The lowest BCUT2D eigenvalue weighted by Gasteiger charge is -2.21. The predicted octanol–water partition coefficient (Wildman–Crippen LogP) is 3.59. The van der Waals surface area contributed by atoms with Gasteiger partial charge in [0.2, 0.25) is 21.8 Å². The third-order valence-electron chi connectivity index (χ3n) is 5.98. The topological polar surface area (TPSA) is 140 Å². The van der Waals surface area contributed by atoms with Crippen molar-refractivity contribution in [2.75, 3.05) is 35.6 Å². The molecule has 3 aromatic carbocycles. The molecule has 39 heavy (non-hydrogen) atoms. The summed E-state index contributed by atoms with van der Waals surface area (Å²) in [4.78, 5) is 29.6. The summed E-state index contributed by atoms with van der Waals surface area (Å²) >= 11 is 0. The zero-order valence-electron chi connectivity index (χ0n) is 21.9. The fraction of sp³-hybridized carbons (Fsp3) is 0.250. The summed E-state index contributed by atoms with van der Waals surface area (Å²) in [6, 6.07) is 19.2. The van der Waals surface area contributed by atoms with Crippen LogP contribution in [0, 0.1) is 0 Å². The van der Waals surface area contributed by atoms with Crippen molar-refractivity contribution in [2.45, 2.75) is 19.8 Å². The maximum absolute atomic E-state index is 13.3. The van der Waals surface area contributed by atoms with E-state index in [1.165, 1.54) is 12.1 Å². The molecule has 204 valence electrons. The molecule has 0 saturated carbocycles. The fourth-order valence-corrected chi connectivity index (χ4v) is 5.22. The molecule has 0 aromatic heterocycles. The molecule has 0 saturated heterocycles. The number of hydrogen-bond acceptors (Lipinski definition) is 7. The summed E-state index contributed by atoms with van der Waals surface area (Å²) in [7, 11) is -3.74. The summed E-state index contributed by atoms with van der Waals surface area (Å²) < 4.78 is 36.9. The van der Waals surface area contributed by atoms with Crippen molar-refractivity contribution in [3.8, 4) is 11.5 Å². The summed E-state index contributed by atoms with van der Waals surface area (Å²) in [5.74, 6) is -0.686. The predicted molar refractivity (Wildman–Crippen MR) is 151 cm³/mol. The second kappa shape index (κ2) is 11.6. The van der Waals surface area contributed by atoms with Crippen LogP contribution in [0.3, 0.4) is 0 Å². The highest BCUT2D eigenvalue weighted by Gasteiger charge is 2.37. The van der Waals surface area contributed by atoms with Crippen molar-refractivity contribution in [2.24, 2.45) is 10.7 Å². The molecule has 1 aliphatic rings. The number of primary amides is 1. The first kappa shape index (κ1) is 27.6. The van der Waals surface area contributed by atoms with Crippen LogP contribution in [-0.4, -0.2) is 52.0 Å². The Morgan fingerprint density at radius 1 is 1.00 bits per heavy atom. The number of benzene rings is 3. The van der Waals surface area contributed by atoms with E-state index in [0.717, 1.165) is 16.1 Å². The van der Waals surface area contributed by atoms with E-state index < -0.39 is 28.4 Å². The van der Waals surface area contributed by atoms with Crippen LogP contribution in [0.2, 0.25) is 0 Å². The highest BCUT2D eigenvalue weighted by molar-refractivity contribution is 7.92. The van der Waals surface area contributed by atoms with Crippen molar-refractivity contribution in [3.05, 3.63) is 77.9 Å². The number of aliphatic imine (C=N–C) groups is 1. The van der Waals surface area contributed by atoms with Gasteiger partial charge in [-0.1, -0.05) is 30.3 Å². The van der Waals surface area contributed by atoms with Gasteiger partial charge in [0.25, 0.3) is 0 Å². The van der Waals surface area contributed by atoms with Crippen molar-refractivity contribution in [3.63, 3.8) is 0 Å². The zero-order chi connectivity index (χ0) is 28.2. The van der Waals surface area contributed by atoms with Gasteiger partial charge in [0.05, 0.1) is 36.6 Å². The Hall–Kier alpha value is -4.38. The quantitative estimate of drug-likeness (QED) is 0.350. The molecule has 2 amide bonds. The lowest BCUT2D eigenvalue weighted by molar-refractivity contribution is -0.117. The Bertz CT molecular complexity index is 1510. The number of anilines is 2. The van der Waals surface area contributed by atoms with Gasteiger partial charge in [-0.25, -0.2) is 8.42 Å². The molecule has 3 N–H and O–H groups in total. The maximum Gasteiger partial charge on any atom is 0.238 e. The maximum atomic E-state index is 13.3. The second-order valence-electron chi connectivity index (χ2n) is 8.79. The van der Waals surface area contributed by atoms with Gasteiger partial charge in [-0.3, -0.25) is 18.9 Å². The Balaban J connectivity index is 1.80. The summed E-state index contributed by atoms with van der Waals surface area (Å²) in [6.45, 7) is 4.13. The Labute approximate surface area is 227 Å². The molecule has 11 heteroatoms. The first-order chi connectivity index (χ1) is 18.6. The number of sulfonamides is 1. The molecule has 3 aromatic rings.